The van der Waals surface area contributed by atoms with E-state index in [2.05, 4.69) is 30.2 Å². The molecule has 1 aromatic carbocycles. The van der Waals surface area contributed by atoms with Crippen LogP contribution in [0.15, 0.2) is 29.0 Å². The number of nitriles is 1. The molecule has 0 radical (unpaired) electrons. The van der Waals surface area contributed by atoms with Gasteiger partial charge in [0.05, 0.1) is 12.0 Å². The second kappa shape index (κ2) is 5.19. The van der Waals surface area contributed by atoms with Gasteiger partial charge in [-0.25, -0.2) is 4.98 Å². The number of nitrogens with one attached hydrogen (secondary N) is 1. The summed E-state index contributed by atoms with van der Waals surface area (Å²) >= 11 is 0. The summed E-state index contributed by atoms with van der Waals surface area (Å²) in [5, 5.41) is 12.5. The molecule has 0 aliphatic carbocycles. The number of nitrogens with zero attached hydrogens (tertiary/aromatic N) is 2. The van der Waals surface area contributed by atoms with Gasteiger partial charge in [-0.3, -0.25) is 0 Å². The largest absolute Gasteiger partial charge is 0.443 e. The normalized spacial score (nSPS) is 14.6. The third kappa shape index (κ3) is 2.22. The van der Waals surface area contributed by atoms with E-state index in [1.807, 2.05) is 25.2 Å². The molecule has 4 heteroatoms. The zero-order chi connectivity index (χ0) is 13.1. The van der Waals surface area contributed by atoms with Crippen molar-refractivity contribution in [2.45, 2.75) is 19.9 Å². The van der Waals surface area contributed by atoms with Gasteiger partial charge < -0.3 is 9.73 Å². The highest BCUT2D eigenvalue weighted by Gasteiger charge is 2.25. The van der Waals surface area contributed by atoms with Crippen molar-refractivity contribution >= 4 is 11.1 Å². The molecule has 0 saturated heterocycles. The van der Waals surface area contributed by atoms with Crippen molar-refractivity contribution in [3.05, 3.63) is 30.2 Å². The van der Waals surface area contributed by atoms with Crippen LogP contribution in [0.2, 0.25) is 0 Å². The summed E-state index contributed by atoms with van der Waals surface area (Å²) in [7, 11) is 1.88. The average Bonchev–Trinajstić information content (AvgIpc) is 2.82. The summed E-state index contributed by atoms with van der Waals surface area (Å²) in [4.78, 5) is 4.09. The van der Waals surface area contributed by atoms with E-state index < -0.39 is 0 Å². The Morgan fingerprint density at radius 1 is 1.39 bits per heavy atom. The Hall–Kier alpha value is -1.86. The Kier molecular flexibility index (Phi) is 3.63. The average molecular weight is 243 g/mol. The van der Waals surface area contributed by atoms with Gasteiger partial charge in [0.25, 0.3) is 0 Å². The third-order valence-electron chi connectivity index (χ3n) is 3.25. The highest BCUT2D eigenvalue weighted by atomic mass is 16.3. The number of oxazole rings is 1. The number of hydrogen-bond acceptors (Lipinski definition) is 4. The van der Waals surface area contributed by atoms with Crippen molar-refractivity contribution in [3.63, 3.8) is 0 Å². The Morgan fingerprint density at radius 3 is 2.78 bits per heavy atom. The molecule has 1 aromatic heterocycles. The molecule has 1 heterocycles. The van der Waals surface area contributed by atoms with E-state index in [9.17, 15) is 5.26 Å². The Labute approximate surface area is 107 Å². The van der Waals surface area contributed by atoms with E-state index >= 15 is 0 Å². The van der Waals surface area contributed by atoms with Gasteiger partial charge in [-0.05, 0) is 30.7 Å². The number of fused-ring (bicyclic) bond motifs is 1. The van der Waals surface area contributed by atoms with Crippen LogP contribution in [0.3, 0.4) is 0 Å². The Bertz CT molecular complexity index is 568. The SMILES string of the molecule is CNC(c1ccc2ncoc2c1)C(C#N)C(C)C. The fourth-order valence-electron chi connectivity index (χ4n) is 2.23. The second-order valence-corrected chi connectivity index (χ2v) is 4.74. The Morgan fingerprint density at radius 2 is 2.17 bits per heavy atom. The molecule has 4 nitrogen and oxygen atoms in total. The minimum Gasteiger partial charge on any atom is -0.443 e. The molecule has 0 fully saturated rings. The van der Waals surface area contributed by atoms with Crippen LogP contribution in [0, 0.1) is 23.2 Å². The lowest BCUT2D eigenvalue weighted by Gasteiger charge is -2.24. The molecular weight excluding hydrogens is 226 g/mol. The maximum Gasteiger partial charge on any atom is 0.181 e. The van der Waals surface area contributed by atoms with Crippen molar-refractivity contribution in [3.8, 4) is 6.07 Å². The van der Waals surface area contributed by atoms with Gasteiger partial charge in [-0.1, -0.05) is 19.9 Å². The molecule has 2 rings (SSSR count). The molecule has 0 aliphatic rings. The van der Waals surface area contributed by atoms with Crippen LogP contribution in [-0.4, -0.2) is 12.0 Å². The summed E-state index contributed by atoms with van der Waals surface area (Å²) in [5.74, 6) is 0.216. The molecule has 2 aromatic rings. The lowest BCUT2D eigenvalue weighted by Crippen LogP contribution is -2.27. The van der Waals surface area contributed by atoms with Gasteiger partial charge in [-0.2, -0.15) is 5.26 Å². The molecule has 2 unspecified atom stereocenters. The zero-order valence-electron chi connectivity index (χ0n) is 10.8. The van der Waals surface area contributed by atoms with Crippen molar-refractivity contribution in [2.75, 3.05) is 7.05 Å². The molecule has 0 spiro atoms. The fourth-order valence-corrected chi connectivity index (χ4v) is 2.23. The summed E-state index contributed by atoms with van der Waals surface area (Å²) in [6, 6.07) is 8.27. The first kappa shape index (κ1) is 12.6. The summed E-state index contributed by atoms with van der Waals surface area (Å²) in [6.07, 6.45) is 1.44. The van der Waals surface area contributed by atoms with Gasteiger partial charge in [0.1, 0.15) is 5.52 Å². The highest BCUT2D eigenvalue weighted by molar-refractivity contribution is 5.72. The summed E-state index contributed by atoms with van der Waals surface area (Å²) in [5.41, 5.74) is 2.65. The van der Waals surface area contributed by atoms with Crippen molar-refractivity contribution in [1.82, 2.24) is 10.3 Å². The van der Waals surface area contributed by atoms with Crippen molar-refractivity contribution in [1.29, 1.82) is 5.26 Å². The van der Waals surface area contributed by atoms with Crippen LogP contribution in [0.1, 0.15) is 25.5 Å². The summed E-state index contributed by atoms with van der Waals surface area (Å²) < 4.78 is 5.31. The highest BCUT2D eigenvalue weighted by Crippen LogP contribution is 2.29. The molecule has 2 atom stereocenters. The summed E-state index contributed by atoms with van der Waals surface area (Å²) in [6.45, 7) is 4.12. The van der Waals surface area contributed by atoms with Crippen LogP contribution >= 0.6 is 0 Å². The maximum atomic E-state index is 9.31. The zero-order valence-corrected chi connectivity index (χ0v) is 10.8. The predicted octanol–water partition coefficient (Wildman–Crippen LogP) is 2.88. The molecule has 1 N–H and O–H groups in total. The first-order chi connectivity index (χ1) is 8.67. The van der Waals surface area contributed by atoms with Gasteiger partial charge in [0.2, 0.25) is 0 Å². The van der Waals surface area contributed by atoms with Crippen LogP contribution in [0.5, 0.6) is 0 Å². The van der Waals surface area contributed by atoms with E-state index in [-0.39, 0.29) is 17.9 Å². The third-order valence-corrected chi connectivity index (χ3v) is 3.25. The van der Waals surface area contributed by atoms with E-state index in [1.165, 1.54) is 6.39 Å². The van der Waals surface area contributed by atoms with Crippen molar-refractivity contribution in [2.24, 2.45) is 11.8 Å². The van der Waals surface area contributed by atoms with Gasteiger partial charge >= 0.3 is 0 Å². The van der Waals surface area contributed by atoms with Crippen LogP contribution in [-0.2, 0) is 0 Å². The van der Waals surface area contributed by atoms with Crippen LogP contribution in [0.25, 0.3) is 11.1 Å². The quantitative estimate of drug-likeness (QED) is 0.896. The van der Waals surface area contributed by atoms with Crippen LogP contribution in [0.4, 0.5) is 0 Å². The van der Waals surface area contributed by atoms with E-state index in [0.29, 0.717) is 0 Å². The standard InChI is InChI=1S/C14H17N3O/c1-9(2)11(7-15)14(16-3)10-4-5-12-13(6-10)18-8-17-12/h4-6,8-9,11,14,16H,1-3H3. The van der Waals surface area contributed by atoms with E-state index in [0.717, 1.165) is 16.7 Å². The van der Waals surface area contributed by atoms with Gasteiger partial charge in [-0.15, -0.1) is 0 Å². The van der Waals surface area contributed by atoms with Gasteiger partial charge in [0, 0.05) is 6.04 Å². The first-order valence-electron chi connectivity index (χ1n) is 6.07. The maximum absolute atomic E-state index is 9.31. The Balaban J connectivity index is 2.40. The fraction of sp³-hybridized carbons (Fsp3) is 0.429. The van der Waals surface area contributed by atoms with E-state index in [4.69, 9.17) is 4.42 Å². The lowest BCUT2D eigenvalue weighted by molar-refractivity contribution is 0.363. The number of benzene rings is 1. The molecule has 0 bridgehead atoms. The molecule has 0 amide bonds. The number of rotatable bonds is 4. The minimum absolute atomic E-state index is 0.00417. The second-order valence-electron chi connectivity index (χ2n) is 4.74. The molecule has 94 valence electrons. The first-order valence-corrected chi connectivity index (χ1v) is 6.07. The van der Waals surface area contributed by atoms with Crippen LogP contribution < -0.4 is 5.32 Å². The smallest absolute Gasteiger partial charge is 0.181 e. The monoisotopic (exact) mass is 243 g/mol. The van der Waals surface area contributed by atoms with E-state index in [1.54, 1.807) is 0 Å². The topological polar surface area (TPSA) is 61.9 Å². The molecular formula is C14H17N3O. The molecule has 0 aliphatic heterocycles. The van der Waals surface area contributed by atoms with Crippen molar-refractivity contribution < 1.29 is 4.42 Å². The predicted molar refractivity (Wildman–Crippen MR) is 69.8 cm³/mol. The number of hydrogen-bond donors (Lipinski definition) is 1. The molecule has 18 heavy (non-hydrogen) atoms. The number of aromatic nitrogens is 1. The van der Waals surface area contributed by atoms with Gasteiger partial charge in [0.15, 0.2) is 12.0 Å². The molecule has 0 saturated carbocycles. The minimum atomic E-state index is -0.0737. The lowest BCUT2D eigenvalue weighted by atomic mass is 9.85.